The van der Waals surface area contributed by atoms with Crippen LogP contribution in [0.4, 0.5) is 0 Å². The van der Waals surface area contributed by atoms with Gasteiger partial charge in [0.15, 0.2) is 0 Å². The number of rotatable bonds is 7. The van der Waals surface area contributed by atoms with Crippen LogP contribution in [0.15, 0.2) is 70.9 Å². The molecule has 0 bridgehead atoms. The Balaban J connectivity index is 1.42. The minimum absolute atomic E-state index is 0.0519. The minimum atomic E-state index is -3.60. The Morgan fingerprint density at radius 3 is 2.60 bits per heavy atom. The maximum Gasteiger partial charge on any atom is 0.254 e. The maximum absolute atomic E-state index is 13.0. The van der Waals surface area contributed by atoms with Crippen molar-refractivity contribution in [3.05, 3.63) is 87.6 Å². The predicted octanol–water partition coefficient (Wildman–Crippen LogP) is 4.03. The number of carbonyl (C=O) groups excluding carboxylic acids is 1. The van der Waals surface area contributed by atoms with E-state index in [4.69, 9.17) is 0 Å². The van der Waals surface area contributed by atoms with Crippen LogP contribution in [-0.2, 0) is 22.9 Å². The highest BCUT2D eigenvalue weighted by Crippen LogP contribution is 2.35. The standard InChI is InChI=1S/C23H24N2O3S2/c1-25(22-13-10-17-5-2-3-7-21(17)22)23(26)18-8-11-20(12-9-18)30(27,28)24-15-14-19-6-4-16-29-19/h2-9,11-12,16,22,24H,10,13-15H2,1H3. The van der Waals surface area contributed by atoms with E-state index in [9.17, 15) is 13.2 Å². The number of nitrogens with zero attached hydrogens (tertiary/aromatic N) is 1. The molecule has 0 aliphatic heterocycles. The van der Waals surface area contributed by atoms with Gasteiger partial charge in [-0.3, -0.25) is 4.79 Å². The van der Waals surface area contributed by atoms with Gasteiger partial charge in [-0.2, -0.15) is 0 Å². The van der Waals surface area contributed by atoms with E-state index < -0.39 is 10.0 Å². The van der Waals surface area contributed by atoms with E-state index in [-0.39, 0.29) is 16.8 Å². The fraction of sp³-hybridized carbons (Fsp3) is 0.261. The van der Waals surface area contributed by atoms with Crippen LogP contribution in [0.25, 0.3) is 0 Å². The predicted molar refractivity (Wildman–Crippen MR) is 119 cm³/mol. The third-order valence-corrected chi connectivity index (χ3v) is 7.96. The van der Waals surface area contributed by atoms with Crippen molar-refractivity contribution in [1.82, 2.24) is 9.62 Å². The van der Waals surface area contributed by atoms with Gasteiger partial charge in [-0.15, -0.1) is 11.3 Å². The normalized spacial score (nSPS) is 15.7. The van der Waals surface area contributed by atoms with E-state index in [1.165, 1.54) is 23.3 Å². The first-order valence-electron chi connectivity index (χ1n) is 9.93. The van der Waals surface area contributed by atoms with E-state index in [0.717, 1.165) is 17.7 Å². The summed E-state index contributed by atoms with van der Waals surface area (Å²) < 4.78 is 27.7. The lowest BCUT2D eigenvalue weighted by Crippen LogP contribution is -2.30. The minimum Gasteiger partial charge on any atom is -0.335 e. The molecule has 3 aromatic rings. The molecule has 1 aliphatic carbocycles. The lowest BCUT2D eigenvalue weighted by atomic mass is 10.1. The number of sulfonamides is 1. The fourth-order valence-corrected chi connectivity index (χ4v) is 5.65. The number of amides is 1. The number of nitrogens with one attached hydrogen (secondary N) is 1. The number of fused-ring (bicyclic) bond motifs is 1. The summed E-state index contributed by atoms with van der Waals surface area (Å²) in [7, 11) is -1.79. The Bertz CT molecular complexity index is 1120. The molecule has 1 aromatic heterocycles. The molecule has 7 heteroatoms. The molecule has 1 atom stereocenters. The molecule has 0 saturated carbocycles. The SMILES string of the molecule is CN(C(=O)c1ccc(S(=O)(=O)NCCc2cccs2)cc1)C1CCc2ccccc21. The second kappa shape index (κ2) is 8.71. The molecule has 1 heterocycles. The van der Waals surface area contributed by atoms with Gasteiger partial charge >= 0.3 is 0 Å². The van der Waals surface area contributed by atoms with E-state index in [0.29, 0.717) is 18.5 Å². The van der Waals surface area contributed by atoms with Crippen LogP contribution in [0.1, 0.15) is 38.8 Å². The Kier molecular flexibility index (Phi) is 6.04. The van der Waals surface area contributed by atoms with Gasteiger partial charge in [-0.25, -0.2) is 13.1 Å². The van der Waals surface area contributed by atoms with Crippen molar-refractivity contribution in [2.75, 3.05) is 13.6 Å². The number of thiophene rings is 1. The Morgan fingerprint density at radius 2 is 1.87 bits per heavy atom. The second-order valence-corrected chi connectivity index (χ2v) is 10.2. The number of carbonyl (C=O) groups is 1. The van der Waals surface area contributed by atoms with Gasteiger partial charge in [-0.1, -0.05) is 30.3 Å². The topological polar surface area (TPSA) is 66.5 Å². The lowest BCUT2D eigenvalue weighted by Gasteiger charge is -2.25. The van der Waals surface area contributed by atoms with Crippen molar-refractivity contribution < 1.29 is 13.2 Å². The van der Waals surface area contributed by atoms with E-state index in [2.05, 4.69) is 16.9 Å². The molecule has 4 rings (SSSR count). The van der Waals surface area contributed by atoms with Gasteiger partial charge in [0, 0.05) is 24.0 Å². The molecule has 2 aromatic carbocycles. The molecule has 1 amide bonds. The zero-order valence-electron chi connectivity index (χ0n) is 16.7. The van der Waals surface area contributed by atoms with E-state index in [1.54, 1.807) is 28.4 Å². The Hall–Kier alpha value is -2.48. The maximum atomic E-state index is 13.0. The molecule has 0 radical (unpaired) electrons. The summed E-state index contributed by atoms with van der Waals surface area (Å²) in [6.45, 7) is 0.341. The highest BCUT2D eigenvalue weighted by Gasteiger charge is 2.29. The summed E-state index contributed by atoms with van der Waals surface area (Å²) in [5.74, 6) is -0.105. The molecule has 1 aliphatic rings. The van der Waals surface area contributed by atoms with Crippen molar-refractivity contribution in [3.8, 4) is 0 Å². The first-order valence-corrected chi connectivity index (χ1v) is 12.3. The summed E-state index contributed by atoms with van der Waals surface area (Å²) in [6, 6.07) is 18.4. The highest BCUT2D eigenvalue weighted by molar-refractivity contribution is 7.89. The summed E-state index contributed by atoms with van der Waals surface area (Å²) in [4.78, 5) is 16.0. The molecular weight excluding hydrogens is 416 g/mol. The molecule has 30 heavy (non-hydrogen) atoms. The summed E-state index contributed by atoms with van der Waals surface area (Å²) in [5, 5.41) is 1.97. The Labute approximate surface area is 181 Å². The smallest absolute Gasteiger partial charge is 0.254 e. The van der Waals surface area contributed by atoms with Gasteiger partial charge in [0.2, 0.25) is 10.0 Å². The summed E-state index contributed by atoms with van der Waals surface area (Å²) in [6.07, 6.45) is 2.52. The van der Waals surface area contributed by atoms with Crippen molar-refractivity contribution in [2.24, 2.45) is 0 Å². The summed E-state index contributed by atoms with van der Waals surface area (Å²) >= 11 is 1.61. The monoisotopic (exact) mass is 440 g/mol. The third-order valence-electron chi connectivity index (χ3n) is 5.54. The number of hydrogen-bond acceptors (Lipinski definition) is 4. The first kappa shape index (κ1) is 20.8. The van der Waals surface area contributed by atoms with Crippen LogP contribution in [0.2, 0.25) is 0 Å². The van der Waals surface area contributed by atoms with E-state index in [1.807, 2.05) is 36.7 Å². The zero-order chi connectivity index (χ0) is 21.1. The van der Waals surface area contributed by atoms with Crippen LogP contribution in [0, 0.1) is 0 Å². The number of benzene rings is 2. The molecule has 5 nitrogen and oxygen atoms in total. The van der Waals surface area contributed by atoms with Gasteiger partial charge in [0.25, 0.3) is 5.91 Å². The fourth-order valence-electron chi connectivity index (χ4n) is 3.91. The second-order valence-electron chi connectivity index (χ2n) is 7.42. The number of hydrogen-bond donors (Lipinski definition) is 1. The molecular formula is C23H24N2O3S2. The molecule has 0 fully saturated rings. The van der Waals surface area contributed by atoms with E-state index >= 15 is 0 Å². The third kappa shape index (κ3) is 4.33. The molecule has 0 spiro atoms. The van der Waals surface area contributed by atoms with Crippen molar-refractivity contribution in [2.45, 2.75) is 30.2 Å². The highest BCUT2D eigenvalue weighted by atomic mass is 32.2. The summed E-state index contributed by atoms with van der Waals surface area (Å²) in [5.41, 5.74) is 2.97. The van der Waals surface area contributed by atoms with Crippen LogP contribution < -0.4 is 4.72 Å². The van der Waals surface area contributed by atoms with Gasteiger partial charge in [0.1, 0.15) is 0 Å². The van der Waals surface area contributed by atoms with Gasteiger partial charge < -0.3 is 4.90 Å². The lowest BCUT2D eigenvalue weighted by molar-refractivity contribution is 0.0730. The number of aryl methyl sites for hydroxylation is 1. The zero-order valence-corrected chi connectivity index (χ0v) is 18.4. The molecule has 1 unspecified atom stereocenters. The van der Waals surface area contributed by atoms with Crippen LogP contribution in [0.5, 0.6) is 0 Å². The van der Waals surface area contributed by atoms with Gasteiger partial charge in [-0.05, 0) is 66.1 Å². The largest absolute Gasteiger partial charge is 0.335 e. The average molecular weight is 441 g/mol. The average Bonchev–Trinajstić information content (AvgIpc) is 3.42. The van der Waals surface area contributed by atoms with Crippen LogP contribution in [0.3, 0.4) is 0 Å². The van der Waals surface area contributed by atoms with Crippen molar-refractivity contribution >= 4 is 27.3 Å². The van der Waals surface area contributed by atoms with Gasteiger partial charge in [0.05, 0.1) is 10.9 Å². The first-order chi connectivity index (χ1) is 14.5. The molecule has 0 saturated heterocycles. The molecule has 1 N–H and O–H groups in total. The molecule has 156 valence electrons. The van der Waals surface area contributed by atoms with Crippen molar-refractivity contribution in [3.63, 3.8) is 0 Å². The Morgan fingerprint density at radius 1 is 1.10 bits per heavy atom. The van der Waals surface area contributed by atoms with Crippen LogP contribution >= 0.6 is 11.3 Å². The quantitative estimate of drug-likeness (QED) is 0.603. The van der Waals surface area contributed by atoms with Crippen molar-refractivity contribution in [1.29, 1.82) is 0 Å². The van der Waals surface area contributed by atoms with Crippen LogP contribution in [-0.4, -0.2) is 32.8 Å².